The molecule has 2 aliphatic carbocycles. The maximum Gasteiger partial charge on any atom is 0.302 e. The Morgan fingerprint density at radius 1 is 1.40 bits per heavy atom. The Morgan fingerprint density at radius 2 is 2.12 bits per heavy atom. The molecule has 138 valence electrons. The van der Waals surface area contributed by atoms with Crippen LogP contribution in [-0.4, -0.2) is 18.4 Å². The Hall–Kier alpha value is -1.64. The fourth-order valence-electron chi connectivity index (χ4n) is 4.54. The topological polar surface area (TPSA) is 43.4 Å². The molecule has 2 rings (SSSR count). The van der Waals surface area contributed by atoms with Crippen LogP contribution in [0.2, 0.25) is 0 Å². The van der Waals surface area contributed by atoms with Crippen LogP contribution in [0.1, 0.15) is 59.8 Å². The average molecular weight is 344 g/mol. The van der Waals surface area contributed by atoms with Crippen LogP contribution in [-0.2, 0) is 14.3 Å². The van der Waals surface area contributed by atoms with Crippen molar-refractivity contribution in [1.29, 1.82) is 0 Å². The molecule has 1 saturated carbocycles. The molecule has 0 aliphatic heterocycles. The standard InChI is InChI=1S/C22H32O3/c1-14(2)7-6-8-15(3)19-11-9-16(4)20-12-10-18(13-23)21(19)22(20)25-17(5)24/h7,10,13,15,19-22H,4,6,8-9,11-12H2,1-3,5H3/t15-,19+,20-,21+,22?/m0/s1. The van der Waals surface area contributed by atoms with Crippen LogP contribution in [0.3, 0.4) is 0 Å². The quantitative estimate of drug-likeness (QED) is 0.386. The normalized spacial score (nSPS) is 29.9. The van der Waals surface area contributed by atoms with E-state index in [-0.39, 0.29) is 23.9 Å². The molecule has 0 saturated heterocycles. The van der Waals surface area contributed by atoms with Crippen LogP contribution in [0.4, 0.5) is 0 Å². The molecular formula is C22H32O3. The molecule has 1 unspecified atom stereocenters. The molecule has 0 N–H and O–H groups in total. The first-order valence-electron chi connectivity index (χ1n) is 9.48. The van der Waals surface area contributed by atoms with E-state index in [1.807, 2.05) is 0 Å². The average Bonchev–Trinajstić information content (AvgIpc) is 2.62. The first-order valence-corrected chi connectivity index (χ1v) is 9.48. The van der Waals surface area contributed by atoms with Gasteiger partial charge in [0.15, 0.2) is 0 Å². The van der Waals surface area contributed by atoms with E-state index in [4.69, 9.17) is 4.74 Å². The van der Waals surface area contributed by atoms with Crippen molar-refractivity contribution in [3.8, 4) is 0 Å². The summed E-state index contributed by atoms with van der Waals surface area (Å²) in [6.45, 7) is 12.2. The van der Waals surface area contributed by atoms with E-state index in [1.54, 1.807) is 0 Å². The predicted molar refractivity (Wildman–Crippen MR) is 101 cm³/mol. The highest BCUT2D eigenvalue weighted by Crippen LogP contribution is 2.47. The Morgan fingerprint density at radius 3 is 2.72 bits per heavy atom. The van der Waals surface area contributed by atoms with E-state index in [9.17, 15) is 9.59 Å². The van der Waals surface area contributed by atoms with Crippen molar-refractivity contribution in [2.45, 2.75) is 65.9 Å². The molecule has 25 heavy (non-hydrogen) atoms. The third-order valence-electron chi connectivity index (χ3n) is 5.87. The van der Waals surface area contributed by atoms with E-state index in [0.717, 1.165) is 49.5 Å². The van der Waals surface area contributed by atoms with Gasteiger partial charge >= 0.3 is 5.97 Å². The van der Waals surface area contributed by atoms with Crippen LogP contribution in [0.25, 0.3) is 0 Å². The van der Waals surface area contributed by atoms with E-state index >= 15 is 0 Å². The van der Waals surface area contributed by atoms with Crippen molar-refractivity contribution in [2.75, 3.05) is 0 Å². The molecule has 0 amide bonds. The van der Waals surface area contributed by atoms with Gasteiger partial charge in [-0.1, -0.05) is 36.8 Å². The maximum atomic E-state index is 11.7. The van der Waals surface area contributed by atoms with Gasteiger partial charge in [-0.2, -0.15) is 0 Å². The molecule has 2 bridgehead atoms. The monoisotopic (exact) mass is 344 g/mol. The van der Waals surface area contributed by atoms with Crippen molar-refractivity contribution in [2.24, 2.45) is 23.7 Å². The summed E-state index contributed by atoms with van der Waals surface area (Å²) in [5, 5.41) is 0. The highest BCUT2D eigenvalue weighted by Gasteiger charge is 2.45. The van der Waals surface area contributed by atoms with Gasteiger partial charge in [-0.05, 0) is 63.4 Å². The number of fused-ring (bicyclic) bond motifs is 2. The minimum Gasteiger partial charge on any atom is -0.461 e. The predicted octanol–water partition coefficient (Wildman–Crippen LogP) is 5.03. The molecule has 0 aromatic rings. The SMILES string of the molecule is C=C1CC[C@H]([C@@H](C)CCC=C(C)C)[C@H]2C(C=O)=CC[C@@H]1C2OC(C)=O. The van der Waals surface area contributed by atoms with Crippen LogP contribution in [0.5, 0.6) is 0 Å². The zero-order chi connectivity index (χ0) is 18.6. The third kappa shape index (κ3) is 4.71. The maximum absolute atomic E-state index is 11.7. The highest BCUT2D eigenvalue weighted by molar-refractivity contribution is 5.75. The fraction of sp³-hybridized carbons (Fsp3) is 0.636. The van der Waals surface area contributed by atoms with Crippen LogP contribution in [0.15, 0.2) is 35.5 Å². The summed E-state index contributed by atoms with van der Waals surface area (Å²) in [4.78, 5) is 23.4. The zero-order valence-electron chi connectivity index (χ0n) is 16.1. The van der Waals surface area contributed by atoms with Gasteiger partial charge in [0, 0.05) is 18.8 Å². The van der Waals surface area contributed by atoms with Crippen LogP contribution in [0, 0.1) is 23.7 Å². The summed E-state index contributed by atoms with van der Waals surface area (Å²) < 4.78 is 5.75. The second kappa shape index (κ2) is 8.64. The minimum atomic E-state index is -0.266. The smallest absolute Gasteiger partial charge is 0.302 e. The number of hydrogen-bond donors (Lipinski definition) is 0. The van der Waals surface area contributed by atoms with E-state index < -0.39 is 0 Å². The van der Waals surface area contributed by atoms with E-state index in [0.29, 0.717) is 11.8 Å². The van der Waals surface area contributed by atoms with Crippen LogP contribution >= 0.6 is 0 Å². The van der Waals surface area contributed by atoms with E-state index in [1.165, 1.54) is 12.5 Å². The molecule has 0 heterocycles. The zero-order valence-corrected chi connectivity index (χ0v) is 16.1. The molecular weight excluding hydrogens is 312 g/mol. The first kappa shape index (κ1) is 19.7. The number of carbonyl (C=O) groups is 2. The molecule has 0 aromatic heterocycles. The summed E-state index contributed by atoms with van der Waals surface area (Å²) in [6, 6.07) is 0. The Kier molecular flexibility index (Phi) is 6.80. The molecule has 5 atom stereocenters. The van der Waals surface area contributed by atoms with Gasteiger partial charge in [0.25, 0.3) is 0 Å². The summed E-state index contributed by atoms with van der Waals surface area (Å²) in [6.07, 6.45) is 9.91. The van der Waals surface area contributed by atoms with Crippen molar-refractivity contribution in [3.63, 3.8) is 0 Å². The number of rotatable bonds is 6. The number of esters is 1. The van der Waals surface area contributed by atoms with Gasteiger partial charge in [0.1, 0.15) is 12.4 Å². The first-order chi connectivity index (χ1) is 11.8. The minimum absolute atomic E-state index is 0.00102. The molecule has 0 spiro atoms. The van der Waals surface area contributed by atoms with Gasteiger partial charge < -0.3 is 4.74 Å². The number of allylic oxidation sites excluding steroid dienone is 3. The summed E-state index contributed by atoms with van der Waals surface area (Å²) in [5.41, 5.74) is 3.32. The van der Waals surface area contributed by atoms with Gasteiger partial charge in [0.05, 0.1) is 0 Å². The Bertz CT molecular complexity index is 580. The second-order valence-electron chi connectivity index (χ2n) is 7.96. The van der Waals surface area contributed by atoms with Gasteiger partial charge in [-0.3, -0.25) is 9.59 Å². The van der Waals surface area contributed by atoms with Crippen molar-refractivity contribution < 1.29 is 14.3 Å². The Balaban J connectivity index is 2.31. The number of carbonyl (C=O) groups excluding carboxylic acids is 2. The lowest BCUT2D eigenvalue weighted by molar-refractivity contribution is -0.153. The number of hydrogen-bond acceptors (Lipinski definition) is 3. The van der Waals surface area contributed by atoms with Gasteiger partial charge in [0.2, 0.25) is 0 Å². The molecule has 0 aromatic carbocycles. The lowest BCUT2D eigenvalue weighted by Gasteiger charge is -2.40. The third-order valence-corrected chi connectivity index (χ3v) is 5.87. The number of ether oxygens (including phenoxy) is 1. The molecule has 2 aliphatic rings. The van der Waals surface area contributed by atoms with E-state index in [2.05, 4.69) is 39.5 Å². The summed E-state index contributed by atoms with van der Waals surface area (Å²) >= 11 is 0. The highest BCUT2D eigenvalue weighted by atomic mass is 16.5. The van der Waals surface area contributed by atoms with Crippen molar-refractivity contribution in [3.05, 3.63) is 35.5 Å². The second-order valence-corrected chi connectivity index (χ2v) is 7.96. The summed E-state index contributed by atoms with van der Waals surface area (Å²) in [5.74, 6) is 0.687. The molecule has 1 fully saturated rings. The van der Waals surface area contributed by atoms with Crippen molar-refractivity contribution >= 4 is 12.3 Å². The number of aldehydes is 1. The van der Waals surface area contributed by atoms with Crippen molar-refractivity contribution in [1.82, 2.24) is 0 Å². The molecule has 0 radical (unpaired) electrons. The lowest BCUT2D eigenvalue weighted by atomic mass is 9.68. The molecule has 3 heteroatoms. The lowest BCUT2D eigenvalue weighted by Crippen LogP contribution is -2.41. The molecule has 3 nitrogen and oxygen atoms in total. The van der Waals surface area contributed by atoms with Crippen LogP contribution < -0.4 is 0 Å². The van der Waals surface area contributed by atoms with Gasteiger partial charge in [-0.25, -0.2) is 0 Å². The Labute approximate surface area is 152 Å². The largest absolute Gasteiger partial charge is 0.461 e. The summed E-state index contributed by atoms with van der Waals surface area (Å²) in [7, 11) is 0. The fourth-order valence-corrected chi connectivity index (χ4v) is 4.54. The van der Waals surface area contributed by atoms with Gasteiger partial charge in [-0.15, -0.1) is 0 Å².